The maximum Gasteiger partial charge on any atom is 0.122 e. The summed E-state index contributed by atoms with van der Waals surface area (Å²) < 4.78 is 5.66. The molecule has 3 rings (SSSR count). The van der Waals surface area contributed by atoms with E-state index in [1.807, 2.05) is 0 Å². The lowest BCUT2D eigenvalue weighted by Crippen LogP contribution is -2.08. The topological polar surface area (TPSA) is 35.2 Å². The van der Waals surface area contributed by atoms with Crippen LogP contribution in [0.4, 0.5) is 0 Å². The molecule has 1 heterocycles. The molecule has 2 aromatic rings. The first kappa shape index (κ1) is 13.2. The van der Waals surface area contributed by atoms with Gasteiger partial charge in [-0.15, -0.1) is 0 Å². The van der Waals surface area contributed by atoms with Crippen LogP contribution in [0, 0.1) is 0 Å². The molecule has 0 saturated carbocycles. The number of ether oxygens (including phenoxy) is 1. The highest BCUT2D eigenvalue weighted by Crippen LogP contribution is 2.26. The van der Waals surface area contributed by atoms with Crippen LogP contribution in [0.15, 0.2) is 42.5 Å². The van der Waals surface area contributed by atoms with Crippen LogP contribution in [0.5, 0.6) is 5.75 Å². The van der Waals surface area contributed by atoms with Crippen LogP contribution in [0.25, 0.3) is 0 Å². The Balaban J connectivity index is 1.73. The summed E-state index contributed by atoms with van der Waals surface area (Å²) in [6.07, 6.45) is 4.20. The zero-order chi connectivity index (χ0) is 13.8. The Morgan fingerprint density at radius 2 is 1.70 bits per heavy atom. The maximum absolute atomic E-state index is 5.66. The second-order valence-electron chi connectivity index (χ2n) is 5.43. The quantitative estimate of drug-likeness (QED) is 0.924. The number of benzene rings is 2. The van der Waals surface area contributed by atoms with Crippen LogP contribution in [0.1, 0.15) is 28.7 Å². The summed E-state index contributed by atoms with van der Waals surface area (Å²) in [5.41, 5.74) is 11.0. The smallest absolute Gasteiger partial charge is 0.122 e. The molecule has 1 aliphatic heterocycles. The van der Waals surface area contributed by atoms with Crippen LogP contribution in [-0.4, -0.2) is 13.2 Å². The molecule has 0 aliphatic carbocycles. The molecule has 0 radical (unpaired) electrons. The fourth-order valence-corrected chi connectivity index (χ4v) is 2.75. The van der Waals surface area contributed by atoms with Crippen molar-refractivity contribution in [3.8, 4) is 5.75 Å². The Hall–Kier alpha value is -1.80. The summed E-state index contributed by atoms with van der Waals surface area (Å²) in [5, 5.41) is 0. The van der Waals surface area contributed by atoms with Crippen molar-refractivity contribution in [1.82, 2.24) is 0 Å². The van der Waals surface area contributed by atoms with Gasteiger partial charge in [0.15, 0.2) is 0 Å². The van der Waals surface area contributed by atoms with E-state index in [0.29, 0.717) is 6.54 Å². The summed E-state index contributed by atoms with van der Waals surface area (Å²) in [6, 6.07) is 15.4. The van der Waals surface area contributed by atoms with Gasteiger partial charge in [0.1, 0.15) is 5.75 Å². The third-order valence-corrected chi connectivity index (χ3v) is 3.84. The van der Waals surface area contributed by atoms with Gasteiger partial charge in [-0.05, 0) is 60.5 Å². The summed E-state index contributed by atoms with van der Waals surface area (Å²) in [4.78, 5) is 0. The number of fused-ring (bicyclic) bond motifs is 1. The molecule has 0 bridgehead atoms. The number of hydrogen-bond donors (Lipinski definition) is 1. The van der Waals surface area contributed by atoms with Crippen LogP contribution in [0.2, 0.25) is 0 Å². The van der Waals surface area contributed by atoms with Gasteiger partial charge in [0.2, 0.25) is 0 Å². The summed E-state index contributed by atoms with van der Waals surface area (Å²) in [6.45, 7) is 1.57. The molecule has 20 heavy (non-hydrogen) atoms. The van der Waals surface area contributed by atoms with Crippen molar-refractivity contribution in [2.24, 2.45) is 5.73 Å². The van der Waals surface area contributed by atoms with Crippen LogP contribution < -0.4 is 10.5 Å². The molecule has 2 nitrogen and oxygen atoms in total. The molecule has 0 amide bonds. The first-order chi connectivity index (χ1) is 9.85. The van der Waals surface area contributed by atoms with Gasteiger partial charge in [0.05, 0.1) is 6.61 Å². The van der Waals surface area contributed by atoms with E-state index >= 15 is 0 Å². The third kappa shape index (κ3) is 3.02. The molecule has 0 aromatic heterocycles. The normalized spacial score (nSPS) is 13.7. The van der Waals surface area contributed by atoms with E-state index in [1.165, 1.54) is 22.3 Å². The van der Waals surface area contributed by atoms with E-state index in [0.717, 1.165) is 38.0 Å². The molecule has 2 N–H and O–H groups in total. The standard InChI is InChI=1S/C18H21NO/c19-10-9-14-3-5-15(6-4-14)12-16-7-8-18-17(13-16)2-1-11-20-18/h3-8,13H,1-2,9-12,19H2. The van der Waals surface area contributed by atoms with Crippen molar-refractivity contribution in [2.75, 3.05) is 13.2 Å². The van der Waals surface area contributed by atoms with E-state index < -0.39 is 0 Å². The van der Waals surface area contributed by atoms with Crippen molar-refractivity contribution < 1.29 is 4.74 Å². The second-order valence-corrected chi connectivity index (χ2v) is 5.43. The fraction of sp³-hybridized carbons (Fsp3) is 0.333. The Kier molecular flexibility index (Phi) is 4.03. The Labute approximate surface area is 120 Å². The Morgan fingerprint density at radius 3 is 2.50 bits per heavy atom. The second kappa shape index (κ2) is 6.10. The number of rotatable bonds is 4. The lowest BCUT2D eigenvalue weighted by atomic mass is 9.98. The van der Waals surface area contributed by atoms with Gasteiger partial charge in [-0.25, -0.2) is 0 Å². The average molecular weight is 267 g/mol. The van der Waals surface area contributed by atoms with Gasteiger partial charge in [-0.3, -0.25) is 0 Å². The first-order valence-corrected chi connectivity index (χ1v) is 7.37. The molecular formula is C18H21NO. The maximum atomic E-state index is 5.66. The molecule has 104 valence electrons. The predicted octanol–water partition coefficient (Wildman–Crippen LogP) is 3.10. The zero-order valence-corrected chi connectivity index (χ0v) is 11.8. The van der Waals surface area contributed by atoms with Gasteiger partial charge in [0, 0.05) is 0 Å². The predicted molar refractivity (Wildman–Crippen MR) is 82.3 cm³/mol. The van der Waals surface area contributed by atoms with Gasteiger partial charge in [-0.1, -0.05) is 36.4 Å². The highest BCUT2D eigenvalue weighted by atomic mass is 16.5. The van der Waals surface area contributed by atoms with Gasteiger partial charge in [-0.2, -0.15) is 0 Å². The van der Waals surface area contributed by atoms with E-state index in [9.17, 15) is 0 Å². The summed E-state index contributed by atoms with van der Waals surface area (Å²) in [5.74, 6) is 1.07. The zero-order valence-electron chi connectivity index (χ0n) is 11.8. The minimum atomic E-state index is 0.712. The summed E-state index contributed by atoms with van der Waals surface area (Å²) >= 11 is 0. The highest BCUT2D eigenvalue weighted by molar-refractivity contribution is 5.40. The van der Waals surface area contributed by atoms with Crippen molar-refractivity contribution in [1.29, 1.82) is 0 Å². The van der Waals surface area contributed by atoms with Crippen molar-refractivity contribution in [3.63, 3.8) is 0 Å². The monoisotopic (exact) mass is 267 g/mol. The lowest BCUT2D eigenvalue weighted by Gasteiger charge is -2.18. The molecule has 2 heteroatoms. The number of nitrogens with two attached hydrogens (primary N) is 1. The number of hydrogen-bond acceptors (Lipinski definition) is 2. The fourth-order valence-electron chi connectivity index (χ4n) is 2.75. The summed E-state index contributed by atoms with van der Waals surface area (Å²) in [7, 11) is 0. The highest BCUT2D eigenvalue weighted by Gasteiger charge is 2.10. The molecular weight excluding hydrogens is 246 g/mol. The third-order valence-electron chi connectivity index (χ3n) is 3.84. The van der Waals surface area contributed by atoms with E-state index in [2.05, 4.69) is 42.5 Å². The minimum absolute atomic E-state index is 0.712. The Bertz CT molecular complexity index is 574. The first-order valence-electron chi connectivity index (χ1n) is 7.37. The number of aryl methyl sites for hydroxylation is 1. The molecule has 0 fully saturated rings. The van der Waals surface area contributed by atoms with E-state index in [1.54, 1.807) is 0 Å². The minimum Gasteiger partial charge on any atom is -0.493 e. The van der Waals surface area contributed by atoms with Crippen molar-refractivity contribution in [3.05, 3.63) is 64.7 Å². The molecule has 1 aliphatic rings. The van der Waals surface area contributed by atoms with E-state index in [4.69, 9.17) is 10.5 Å². The van der Waals surface area contributed by atoms with Crippen LogP contribution in [-0.2, 0) is 19.3 Å². The van der Waals surface area contributed by atoms with E-state index in [-0.39, 0.29) is 0 Å². The molecule has 0 saturated heterocycles. The SMILES string of the molecule is NCCc1ccc(Cc2ccc3c(c2)CCCO3)cc1. The van der Waals surface area contributed by atoms with Crippen LogP contribution in [0.3, 0.4) is 0 Å². The van der Waals surface area contributed by atoms with Gasteiger partial charge >= 0.3 is 0 Å². The molecule has 0 unspecified atom stereocenters. The average Bonchev–Trinajstić information content (AvgIpc) is 2.49. The molecule has 0 spiro atoms. The lowest BCUT2D eigenvalue weighted by molar-refractivity contribution is 0.288. The largest absolute Gasteiger partial charge is 0.493 e. The van der Waals surface area contributed by atoms with Crippen LogP contribution >= 0.6 is 0 Å². The molecule has 0 atom stereocenters. The Morgan fingerprint density at radius 1 is 0.950 bits per heavy atom. The van der Waals surface area contributed by atoms with Crippen molar-refractivity contribution >= 4 is 0 Å². The molecule has 2 aromatic carbocycles. The van der Waals surface area contributed by atoms with Gasteiger partial charge in [0.25, 0.3) is 0 Å². The van der Waals surface area contributed by atoms with Crippen molar-refractivity contribution in [2.45, 2.75) is 25.7 Å². The van der Waals surface area contributed by atoms with Gasteiger partial charge < -0.3 is 10.5 Å².